The van der Waals surface area contributed by atoms with E-state index in [4.69, 9.17) is 25.6 Å². The number of amides is 2. The quantitative estimate of drug-likeness (QED) is 0.0664. The number of piperazine rings is 2. The molecule has 0 spiro atoms. The zero-order valence-corrected chi connectivity index (χ0v) is 45.4. The van der Waals surface area contributed by atoms with E-state index < -0.39 is 51.6 Å². The number of halogens is 2. The van der Waals surface area contributed by atoms with Gasteiger partial charge >= 0.3 is 127 Å². The molecule has 0 unspecified atom stereocenters. The summed E-state index contributed by atoms with van der Waals surface area (Å²) >= 11 is 0. The van der Waals surface area contributed by atoms with E-state index in [1.54, 1.807) is 29.7 Å². The van der Waals surface area contributed by atoms with Crippen LogP contribution in [-0.4, -0.2) is 133 Å². The van der Waals surface area contributed by atoms with Gasteiger partial charge < -0.3 is 50.5 Å². The minimum Gasteiger partial charge on any atom is -1.00 e. The molecule has 21 nitrogen and oxygen atoms in total. The number of nitrogens with zero attached hydrogens (tertiary/aromatic N) is 5. The predicted molar refractivity (Wildman–Crippen MR) is 223 cm³/mol. The second-order valence-corrected chi connectivity index (χ2v) is 15.3. The fourth-order valence-corrected chi connectivity index (χ4v) is 5.53. The fraction of sp³-hybridized carbons (Fsp3) is 0.575. The zero-order valence-electron chi connectivity index (χ0n) is 41.2. The summed E-state index contributed by atoms with van der Waals surface area (Å²) in [6, 6.07) is 7.35. The van der Waals surface area contributed by atoms with Gasteiger partial charge in [0.1, 0.15) is 28.1 Å². The number of benzene rings is 2. The molecule has 2 aliphatic heterocycles. The molecular formula is C40H60F2K2N6O15. The first-order valence-electron chi connectivity index (χ1n) is 20.1. The van der Waals surface area contributed by atoms with Crippen LogP contribution >= 0.6 is 0 Å². The van der Waals surface area contributed by atoms with Gasteiger partial charge in [-0.1, -0.05) is 0 Å². The standard InChI is InChI=1S/C19H27N3O6.C10H20N2O2.C9H8FNO4.CH3F.CH2O3.2K.H/c1-6-27-17(23)15-11-14(7-8-16(15)22(25)26)21-10-9-20(12-13(21)2)18(24)28-19(3,4)5;1-8-7-12(6-5-11-8)9(13)14-10(2,3)4;1-2-15-9(12)7-5-6(10)3-4-8(7)11(13)14;1-2;2-1-4-3;;;/h7-8,11,13H,6,9-10,12H2,1-5H3;8,11H,5-7H2,1-4H3;3-5H,2H2,1H3;1H3;1,3H;;;/q;;;;;2*+1;-1/p-1/t13-;8-;;;;;;/m00....../s1/i;;;1D;;;;. The third kappa shape index (κ3) is 25.7. The third-order valence-corrected chi connectivity index (χ3v) is 7.99. The molecule has 0 aliphatic carbocycles. The average molecular weight is 982 g/mol. The zero-order chi connectivity index (χ0) is 49.4. The molecule has 2 fully saturated rings. The van der Waals surface area contributed by atoms with Crippen molar-refractivity contribution in [3.05, 3.63) is 73.6 Å². The Morgan fingerprint density at radius 1 is 0.831 bits per heavy atom. The molecule has 2 aromatic rings. The molecule has 4 rings (SSSR count). The summed E-state index contributed by atoms with van der Waals surface area (Å²) in [5.41, 5.74) is -1.50. The van der Waals surface area contributed by atoms with E-state index in [2.05, 4.69) is 21.9 Å². The maximum atomic E-state index is 12.8. The molecule has 0 saturated carbocycles. The number of nitro groups is 2. The van der Waals surface area contributed by atoms with Crippen molar-refractivity contribution >= 4 is 47.7 Å². The molecule has 2 aromatic carbocycles. The van der Waals surface area contributed by atoms with Crippen LogP contribution in [-0.2, 0) is 28.6 Å². The van der Waals surface area contributed by atoms with Gasteiger partial charge in [0.15, 0.2) is 0 Å². The number of carbonyl (C=O) groups excluding carboxylic acids is 5. The van der Waals surface area contributed by atoms with Crippen LogP contribution in [0.1, 0.15) is 92.8 Å². The minimum atomic E-state index is -1.00. The number of nitrogens with one attached hydrogen (secondary N) is 1. The SMILES string of the molecule is CCOC(=O)c1cc(F)ccc1[N+](=O)[O-].CCOC(=O)c1cc(N2CCN(C(=O)OC(C)(C)C)C[C@@H]2C)ccc1[N+](=O)[O-].C[C@H]1CN(C(=O)OC(C)(C)C)CCN1.O=CO[O-].[2H]CF.[H-].[K+].[K+]. The van der Waals surface area contributed by atoms with Gasteiger partial charge in [-0.05, 0) is 93.5 Å². The van der Waals surface area contributed by atoms with Crippen LogP contribution in [0.2, 0.25) is 0 Å². The van der Waals surface area contributed by atoms with E-state index in [-0.39, 0.29) is 159 Å². The van der Waals surface area contributed by atoms with Crippen molar-refractivity contribution in [3.63, 3.8) is 0 Å². The molecule has 65 heavy (non-hydrogen) atoms. The number of ether oxygens (including phenoxy) is 4. The summed E-state index contributed by atoms with van der Waals surface area (Å²) in [4.78, 5) is 84.4. The van der Waals surface area contributed by atoms with Crippen LogP contribution in [0.15, 0.2) is 36.4 Å². The van der Waals surface area contributed by atoms with E-state index in [0.29, 0.717) is 31.4 Å². The van der Waals surface area contributed by atoms with Gasteiger partial charge in [0.2, 0.25) is 0 Å². The summed E-state index contributed by atoms with van der Waals surface area (Å²) in [5, 5.41) is 33.5. The van der Waals surface area contributed by atoms with Crippen LogP contribution in [0.25, 0.3) is 0 Å². The van der Waals surface area contributed by atoms with Gasteiger partial charge in [-0.25, -0.2) is 23.6 Å². The third-order valence-electron chi connectivity index (χ3n) is 7.99. The normalized spacial score (nSPS) is 15.3. The average Bonchev–Trinajstić information content (AvgIpc) is 3.20. The maximum absolute atomic E-state index is 12.8. The molecule has 2 saturated heterocycles. The summed E-state index contributed by atoms with van der Waals surface area (Å²) in [7, 11) is -1.00. The molecule has 0 aromatic heterocycles. The minimum absolute atomic E-state index is 0. The summed E-state index contributed by atoms with van der Waals surface area (Å²) in [5.74, 6) is -2.34. The second kappa shape index (κ2) is 33.5. The number of carbonyl (C=O) groups is 5. The van der Waals surface area contributed by atoms with E-state index in [0.717, 1.165) is 37.8 Å². The Morgan fingerprint density at radius 3 is 1.65 bits per heavy atom. The van der Waals surface area contributed by atoms with Crippen molar-refractivity contribution in [2.45, 2.75) is 92.5 Å². The van der Waals surface area contributed by atoms with Crippen molar-refractivity contribution in [2.75, 3.05) is 64.5 Å². The number of alkyl halides is 1. The number of hydrogen-bond donors (Lipinski definition) is 1. The van der Waals surface area contributed by atoms with Gasteiger partial charge in [0.05, 0.1) is 31.6 Å². The summed E-state index contributed by atoms with van der Waals surface area (Å²) < 4.78 is 48.5. The van der Waals surface area contributed by atoms with Gasteiger partial charge in [-0.15, -0.1) is 0 Å². The molecular weight excluding hydrogens is 921 g/mol. The Bertz CT molecular complexity index is 1870. The van der Waals surface area contributed by atoms with Crippen molar-refractivity contribution < 1.29 is 177 Å². The Balaban J connectivity index is -0.000000433. The maximum Gasteiger partial charge on any atom is 1.00 e. The molecule has 356 valence electrons. The van der Waals surface area contributed by atoms with Gasteiger partial charge in [-0.2, -0.15) is 0 Å². The Kier molecular flexibility index (Phi) is 33.1. The number of hydrogen-bond acceptors (Lipinski definition) is 17. The summed E-state index contributed by atoms with van der Waals surface area (Å²) in [6.07, 6.45) is -0.569. The van der Waals surface area contributed by atoms with Gasteiger partial charge in [0.25, 0.3) is 17.8 Å². The molecule has 2 aliphatic rings. The second-order valence-electron chi connectivity index (χ2n) is 15.3. The molecule has 1 N–H and O–H groups in total. The van der Waals surface area contributed by atoms with Crippen LogP contribution < -0.4 is 118 Å². The molecule has 2 amide bonds. The Labute approximate surface area is 465 Å². The van der Waals surface area contributed by atoms with Crippen LogP contribution in [0, 0.1) is 26.0 Å². The molecule has 0 bridgehead atoms. The van der Waals surface area contributed by atoms with E-state index >= 15 is 0 Å². The van der Waals surface area contributed by atoms with Crippen molar-refractivity contribution in [2.24, 2.45) is 0 Å². The number of esters is 2. The number of rotatable bonds is 8. The monoisotopic (exact) mass is 981 g/mol. The van der Waals surface area contributed by atoms with E-state index in [1.165, 1.54) is 12.1 Å². The smallest absolute Gasteiger partial charge is 1.00 e. The topological polar surface area (TPSA) is 263 Å². The van der Waals surface area contributed by atoms with Crippen molar-refractivity contribution in [1.29, 1.82) is 0 Å². The predicted octanol–water partition coefficient (Wildman–Crippen LogP) is -0.516. The van der Waals surface area contributed by atoms with Gasteiger partial charge in [-0.3, -0.25) is 29.4 Å². The fourth-order valence-electron chi connectivity index (χ4n) is 5.53. The van der Waals surface area contributed by atoms with Crippen molar-refractivity contribution in [3.8, 4) is 0 Å². The molecule has 0 radical (unpaired) electrons. The Hall–Kier alpha value is -2.96. The van der Waals surface area contributed by atoms with Crippen LogP contribution in [0.3, 0.4) is 0 Å². The van der Waals surface area contributed by atoms with Crippen LogP contribution in [0.4, 0.5) is 35.4 Å². The Morgan fingerprint density at radius 2 is 1.26 bits per heavy atom. The summed E-state index contributed by atoms with van der Waals surface area (Å²) in [6.45, 7) is 22.1. The van der Waals surface area contributed by atoms with E-state index in [1.807, 2.05) is 53.4 Å². The van der Waals surface area contributed by atoms with E-state index in [9.17, 15) is 48.2 Å². The molecule has 2 heterocycles. The first kappa shape index (κ1) is 64.1. The molecule has 2 atom stereocenters. The van der Waals surface area contributed by atoms with Crippen molar-refractivity contribution in [1.82, 2.24) is 15.1 Å². The number of anilines is 1. The first-order valence-corrected chi connectivity index (χ1v) is 19.4. The van der Waals surface area contributed by atoms with Crippen LogP contribution in [0.5, 0.6) is 0 Å². The van der Waals surface area contributed by atoms with Gasteiger partial charge in [0, 0.05) is 69.2 Å². The molecule has 25 heteroatoms. The largest absolute Gasteiger partial charge is 1.00 e. The first-order chi connectivity index (χ1) is 29.8. The number of nitro benzene ring substituents is 2.